The van der Waals surface area contributed by atoms with E-state index in [4.69, 9.17) is 9.84 Å². The summed E-state index contributed by atoms with van der Waals surface area (Å²) in [6, 6.07) is -0.384. The third-order valence-electron chi connectivity index (χ3n) is 3.00. The normalized spacial score (nSPS) is 24.1. The molecule has 0 bridgehead atoms. The molecule has 1 N–H and O–H groups in total. The van der Waals surface area contributed by atoms with Crippen molar-refractivity contribution in [1.29, 1.82) is 0 Å². The summed E-state index contributed by atoms with van der Waals surface area (Å²) in [5.74, 6) is 0. The molecule has 1 aliphatic rings. The molecule has 0 aromatic carbocycles. The summed E-state index contributed by atoms with van der Waals surface area (Å²) in [5, 5.41) is 8.86. The SMILES string of the molecule is CC(C)(C)OC(=O)N1C(C=O)CCC1CCCO. The summed E-state index contributed by atoms with van der Waals surface area (Å²) in [5.41, 5.74) is -0.561. The van der Waals surface area contributed by atoms with Crippen molar-refractivity contribution in [2.24, 2.45) is 0 Å². The van der Waals surface area contributed by atoms with Crippen LogP contribution in [0, 0.1) is 0 Å². The first-order valence-electron chi connectivity index (χ1n) is 6.46. The number of aliphatic hydroxyl groups is 1. The third-order valence-corrected chi connectivity index (χ3v) is 3.00. The highest BCUT2D eigenvalue weighted by Crippen LogP contribution is 2.28. The van der Waals surface area contributed by atoms with E-state index in [2.05, 4.69) is 0 Å². The van der Waals surface area contributed by atoms with Crippen LogP contribution < -0.4 is 0 Å². The number of hydrogen-bond acceptors (Lipinski definition) is 4. The molecule has 2 atom stereocenters. The highest BCUT2D eigenvalue weighted by Gasteiger charge is 2.38. The Bertz CT molecular complexity index is 298. The van der Waals surface area contributed by atoms with Crippen molar-refractivity contribution in [1.82, 2.24) is 4.90 Å². The van der Waals surface area contributed by atoms with Gasteiger partial charge in [-0.05, 0) is 46.5 Å². The maximum absolute atomic E-state index is 12.1. The molecule has 0 aliphatic carbocycles. The first kappa shape index (κ1) is 15.0. The zero-order valence-electron chi connectivity index (χ0n) is 11.4. The van der Waals surface area contributed by atoms with Crippen LogP contribution >= 0.6 is 0 Å². The maximum Gasteiger partial charge on any atom is 0.411 e. The Hall–Kier alpha value is -1.10. The Kier molecular flexibility index (Phi) is 5.14. The summed E-state index contributed by atoms with van der Waals surface area (Å²) in [6.07, 6.45) is 3.19. The van der Waals surface area contributed by atoms with E-state index in [0.29, 0.717) is 19.3 Å². The van der Waals surface area contributed by atoms with Gasteiger partial charge in [0.2, 0.25) is 0 Å². The summed E-state index contributed by atoms with van der Waals surface area (Å²) in [4.78, 5) is 24.6. The van der Waals surface area contributed by atoms with E-state index >= 15 is 0 Å². The summed E-state index contributed by atoms with van der Waals surface area (Å²) >= 11 is 0. The van der Waals surface area contributed by atoms with Gasteiger partial charge < -0.3 is 14.6 Å². The van der Waals surface area contributed by atoms with Gasteiger partial charge in [-0.3, -0.25) is 4.90 Å². The molecule has 5 nitrogen and oxygen atoms in total. The van der Waals surface area contributed by atoms with Crippen LogP contribution in [0.5, 0.6) is 0 Å². The maximum atomic E-state index is 12.1. The van der Waals surface area contributed by atoms with Gasteiger partial charge >= 0.3 is 6.09 Å². The summed E-state index contributed by atoms with van der Waals surface area (Å²) in [6.45, 7) is 5.52. The first-order chi connectivity index (χ1) is 8.39. The van der Waals surface area contributed by atoms with E-state index in [-0.39, 0.29) is 18.7 Å². The Morgan fingerprint density at radius 1 is 1.44 bits per heavy atom. The minimum atomic E-state index is -0.561. The average Bonchev–Trinajstić information content (AvgIpc) is 2.66. The lowest BCUT2D eigenvalue weighted by Gasteiger charge is -2.30. The standard InChI is InChI=1S/C13H23NO4/c1-13(2,3)18-12(17)14-10(5-4-8-15)6-7-11(14)9-16/h9-11,15H,4-8H2,1-3H3. The highest BCUT2D eigenvalue weighted by molar-refractivity contribution is 5.75. The van der Waals surface area contributed by atoms with Gasteiger partial charge in [0.15, 0.2) is 0 Å². The molecule has 0 spiro atoms. The zero-order valence-corrected chi connectivity index (χ0v) is 11.4. The topological polar surface area (TPSA) is 66.8 Å². The predicted octanol–water partition coefficient (Wildman–Crippen LogP) is 1.73. The molecule has 1 fully saturated rings. The van der Waals surface area contributed by atoms with Gasteiger partial charge in [0, 0.05) is 12.6 Å². The molecule has 1 saturated heterocycles. The van der Waals surface area contributed by atoms with Crippen molar-refractivity contribution >= 4 is 12.4 Å². The van der Waals surface area contributed by atoms with Crippen LogP contribution in [0.3, 0.4) is 0 Å². The number of carbonyl (C=O) groups excluding carboxylic acids is 2. The number of aliphatic hydroxyl groups excluding tert-OH is 1. The third kappa shape index (κ3) is 3.98. The van der Waals surface area contributed by atoms with Crippen LogP contribution in [0.1, 0.15) is 46.5 Å². The van der Waals surface area contributed by atoms with E-state index in [1.165, 1.54) is 4.90 Å². The number of amides is 1. The van der Waals surface area contributed by atoms with Crippen LogP contribution in [0.2, 0.25) is 0 Å². The van der Waals surface area contributed by atoms with E-state index in [1.54, 1.807) is 20.8 Å². The fourth-order valence-corrected chi connectivity index (χ4v) is 2.26. The molecular formula is C13H23NO4. The number of hydrogen-bond donors (Lipinski definition) is 1. The number of ether oxygens (including phenoxy) is 1. The van der Waals surface area contributed by atoms with Gasteiger partial charge in [0.1, 0.15) is 11.9 Å². The molecule has 1 rings (SSSR count). The molecular weight excluding hydrogens is 234 g/mol. The lowest BCUT2D eigenvalue weighted by Crippen LogP contribution is -2.44. The van der Waals surface area contributed by atoms with Gasteiger partial charge in [-0.1, -0.05) is 0 Å². The highest BCUT2D eigenvalue weighted by atomic mass is 16.6. The fourth-order valence-electron chi connectivity index (χ4n) is 2.26. The largest absolute Gasteiger partial charge is 0.444 e. The monoisotopic (exact) mass is 257 g/mol. The van der Waals surface area contributed by atoms with Crippen molar-refractivity contribution in [2.45, 2.75) is 64.1 Å². The van der Waals surface area contributed by atoms with Crippen LogP contribution in [-0.2, 0) is 9.53 Å². The number of aldehydes is 1. The second kappa shape index (κ2) is 6.18. The minimum absolute atomic E-state index is 0.00204. The van der Waals surface area contributed by atoms with Crippen molar-refractivity contribution < 1.29 is 19.4 Å². The van der Waals surface area contributed by atoms with Crippen LogP contribution in [-0.4, -0.2) is 46.7 Å². The Morgan fingerprint density at radius 2 is 2.11 bits per heavy atom. The minimum Gasteiger partial charge on any atom is -0.444 e. The summed E-state index contributed by atoms with van der Waals surface area (Å²) in [7, 11) is 0. The molecule has 0 aromatic heterocycles. The Balaban J connectivity index is 2.71. The van der Waals surface area contributed by atoms with Gasteiger partial charge in [-0.15, -0.1) is 0 Å². The smallest absolute Gasteiger partial charge is 0.411 e. The Morgan fingerprint density at radius 3 is 2.61 bits per heavy atom. The molecule has 18 heavy (non-hydrogen) atoms. The van der Waals surface area contributed by atoms with E-state index < -0.39 is 11.7 Å². The van der Waals surface area contributed by atoms with Crippen molar-refractivity contribution in [3.05, 3.63) is 0 Å². The molecule has 1 heterocycles. The number of rotatable bonds is 4. The molecule has 5 heteroatoms. The molecule has 0 saturated carbocycles. The lowest BCUT2D eigenvalue weighted by molar-refractivity contribution is -0.112. The van der Waals surface area contributed by atoms with Crippen LogP contribution in [0.4, 0.5) is 4.79 Å². The number of nitrogens with zero attached hydrogens (tertiary/aromatic N) is 1. The second-order valence-corrected chi connectivity index (χ2v) is 5.69. The number of carbonyl (C=O) groups is 2. The second-order valence-electron chi connectivity index (χ2n) is 5.69. The van der Waals surface area contributed by atoms with Crippen molar-refractivity contribution in [3.8, 4) is 0 Å². The molecule has 1 amide bonds. The van der Waals surface area contributed by atoms with E-state index in [9.17, 15) is 9.59 Å². The Labute approximate surface area is 108 Å². The van der Waals surface area contributed by atoms with E-state index in [0.717, 1.165) is 12.7 Å². The molecule has 104 valence electrons. The van der Waals surface area contributed by atoms with Crippen LogP contribution in [0.25, 0.3) is 0 Å². The van der Waals surface area contributed by atoms with Crippen molar-refractivity contribution in [3.63, 3.8) is 0 Å². The van der Waals surface area contributed by atoms with Crippen molar-refractivity contribution in [2.75, 3.05) is 6.61 Å². The van der Waals surface area contributed by atoms with Gasteiger partial charge in [0.25, 0.3) is 0 Å². The lowest BCUT2D eigenvalue weighted by atomic mass is 10.1. The predicted molar refractivity (Wildman–Crippen MR) is 67.3 cm³/mol. The summed E-state index contributed by atoms with van der Waals surface area (Å²) < 4.78 is 5.33. The quantitative estimate of drug-likeness (QED) is 0.779. The molecule has 0 aromatic rings. The molecule has 1 aliphatic heterocycles. The van der Waals surface area contributed by atoms with Gasteiger partial charge in [-0.25, -0.2) is 4.79 Å². The first-order valence-corrected chi connectivity index (χ1v) is 6.46. The van der Waals surface area contributed by atoms with E-state index in [1.807, 2.05) is 0 Å². The average molecular weight is 257 g/mol. The molecule has 0 radical (unpaired) electrons. The van der Waals surface area contributed by atoms with Gasteiger partial charge in [0.05, 0.1) is 6.04 Å². The fraction of sp³-hybridized carbons (Fsp3) is 0.846. The molecule has 2 unspecified atom stereocenters. The number of likely N-dealkylation sites (tertiary alicyclic amines) is 1. The van der Waals surface area contributed by atoms with Crippen LogP contribution in [0.15, 0.2) is 0 Å². The van der Waals surface area contributed by atoms with Gasteiger partial charge in [-0.2, -0.15) is 0 Å². The zero-order chi connectivity index (χ0) is 13.8.